The minimum Gasteiger partial charge on any atom is -0.350 e. The minimum absolute atomic E-state index is 0.130. The van der Waals surface area contributed by atoms with E-state index in [0.717, 1.165) is 22.0 Å². The molecule has 1 aromatic heterocycles. The summed E-state index contributed by atoms with van der Waals surface area (Å²) < 4.78 is 2.05. The van der Waals surface area contributed by atoms with Gasteiger partial charge < -0.3 is 4.57 Å². The molecule has 0 bridgehead atoms. The first-order valence-corrected chi connectivity index (χ1v) is 4.67. The van der Waals surface area contributed by atoms with E-state index >= 15 is 0 Å². The molecular weight excluding hydrogens is 174 g/mol. The van der Waals surface area contributed by atoms with Crippen LogP contribution in [0.2, 0.25) is 0 Å². The number of benzene rings is 1. The van der Waals surface area contributed by atoms with E-state index in [2.05, 4.69) is 10.8 Å². The van der Waals surface area contributed by atoms with E-state index in [1.54, 1.807) is 6.92 Å². The van der Waals surface area contributed by atoms with E-state index < -0.39 is 0 Å². The van der Waals surface area contributed by atoms with Gasteiger partial charge in [0.2, 0.25) is 0 Å². The largest absolute Gasteiger partial charge is 0.350 e. The average Bonchev–Trinajstić information content (AvgIpc) is 2.43. The molecule has 0 radical (unpaired) electrons. The Morgan fingerprint density at radius 2 is 2.07 bits per heavy atom. The van der Waals surface area contributed by atoms with Crippen molar-refractivity contribution in [2.24, 2.45) is 7.05 Å². The molecule has 2 nitrogen and oxygen atoms in total. The van der Waals surface area contributed by atoms with Gasteiger partial charge in [0.1, 0.15) is 0 Å². The monoisotopic (exact) mass is 187 g/mol. The summed E-state index contributed by atoms with van der Waals surface area (Å²) in [4.78, 5) is 11.4. The van der Waals surface area contributed by atoms with Crippen molar-refractivity contribution in [1.82, 2.24) is 4.57 Å². The predicted octanol–water partition coefficient (Wildman–Crippen LogP) is 2.69. The Balaban J connectivity index is 2.92. The van der Waals surface area contributed by atoms with Crippen molar-refractivity contribution in [2.45, 2.75) is 13.8 Å². The quantitative estimate of drug-likeness (QED) is 0.629. The third-order valence-electron chi connectivity index (χ3n) is 2.58. The van der Waals surface area contributed by atoms with E-state index in [-0.39, 0.29) is 5.78 Å². The summed E-state index contributed by atoms with van der Waals surface area (Å²) in [6.07, 6.45) is 2.05. The molecule has 2 heteroatoms. The van der Waals surface area contributed by atoms with Crippen LogP contribution in [0.15, 0.2) is 24.4 Å². The number of hydrogen-bond acceptors (Lipinski definition) is 1. The fourth-order valence-electron chi connectivity index (χ4n) is 1.97. The molecule has 1 aromatic carbocycles. The summed E-state index contributed by atoms with van der Waals surface area (Å²) in [5.41, 5.74) is 3.10. The fourth-order valence-corrected chi connectivity index (χ4v) is 1.97. The lowest BCUT2D eigenvalue weighted by Crippen LogP contribution is -1.93. The maximum absolute atomic E-state index is 11.4. The second-order valence-electron chi connectivity index (χ2n) is 3.68. The molecule has 0 saturated carbocycles. The summed E-state index contributed by atoms with van der Waals surface area (Å²) in [6.45, 7) is 3.65. The molecule has 0 saturated heterocycles. The number of carbonyl (C=O) groups is 1. The van der Waals surface area contributed by atoms with Crippen molar-refractivity contribution in [3.05, 3.63) is 35.5 Å². The molecule has 72 valence electrons. The molecule has 2 aromatic rings. The number of fused-ring (bicyclic) bond motifs is 1. The van der Waals surface area contributed by atoms with Crippen molar-refractivity contribution in [2.75, 3.05) is 0 Å². The topological polar surface area (TPSA) is 22.0 Å². The molecule has 0 aliphatic heterocycles. The van der Waals surface area contributed by atoms with Gasteiger partial charge in [0.05, 0.1) is 0 Å². The van der Waals surface area contributed by atoms with Crippen molar-refractivity contribution >= 4 is 16.7 Å². The highest BCUT2D eigenvalue weighted by atomic mass is 16.1. The molecule has 0 fully saturated rings. The van der Waals surface area contributed by atoms with Crippen LogP contribution >= 0.6 is 0 Å². The zero-order valence-electron chi connectivity index (χ0n) is 8.66. The first-order valence-electron chi connectivity index (χ1n) is 4.67. The molecule has 14 heavy (non-hydrogen) atoms. The number of ketones is 1. The van der Waals surface area contributed by atoms with Gasteiger partial charge in [0.25, 0.3) is 0 Å². The summed E-state index contributed by atoms with van der Waals surface area (Å²) in [6, 6.07) is 5.85. The van der Waals surface area contributed by atoms with Gasteiger partial charge >= 0.3 is 0 Å². The van der Waals surface area contributed by atoms with Crippen LogP contribution < -0.4 is 0 Å². The molecule has 0 unspecified atom stereocenters. The molecule has 0 atom stereocenters. The average molecular weight is 187 g/mol. The third kappa shape index (κ3) is 1.15. The number of nitrogens with zero attached hydrogens (tertiary/aromatic N) is 1. The van der Waals surface area contributed by atoms with Crippen LogP contribution in [0.3, 0.4) is 0 Å². The van der Waals surface area contributed by atoms with Gasteiger partial charge in [0, 0.05) is 29.7 Å². The van der Waals surface area contributed by atoms with Crippen LogP contribution in [-0.4, -0.2) is 10.4 Å². The Hall–Kier alpha value is -1.57. The van der Waals surface area contributed by atoms with Gasteiger partial charge in [0.15, 0.2) is 5.78 Å². The number of aryl methyl sites for hydroxylation is 2. The second-order valence-corrected chi connectivity index (χ2v) is 3.68. The van der Waals surface area contributed by atoms with Crippen molar-refractivity contribution in [3.63, 3.8) is 0 Å². The van der Waals surface area contributed by atoms with Crippen LogP contribution in [0.5, 0.6) is 0 Å². The lowest BCUT2D eigenvalue weighted by Gasteiger charge is -2.00. The standard InChI is InChI=1S/C12H13NO/c1-8-7-13(3)11-6-4-5-10(9(2)14)12(8)11/h4-7H,1-3H3. The summed E-state index contributed by atoms with van der Waals surface area (Å²) in [7, 11) is 2.00. The fraction of sp³-hybridized carbons (Fsp3) is 0.250. The van der Waals surface area contributed by atoms with E-state index in [0.29, 0.717) is 0 Å². The van der Waals surface area contributed by atoms with E-state index in [9.17, 15) is 4.79 Å². The first kappa shape index (κ1) is 9.00. The first-order chi connectivity index (χ1) is 6.61. The number of rotatable bonds is 1. The number of hydrogen-bond donors (Lipinski definition) is 0. The second kappa shape index (κ2) is 2.98. The van der Waals surface area contributed by atoms with Gasteiger partial charge in [-0.2, -0.15) is 0 Å². The molecule has 0 N–H and O–H groups in total. The highest BCUT2D eigenvalue weighted by Crippen LogP contribution is 2.24. The predicted molar refractivity (Wildman–Crippen MR) is 57.7 cm³/mol. The van der Waals surface area contributed by atoms with Gasteiger partial charge in [-0.1, -0.05) is 12.1 Å². The van der Waals surface area contributed by atoms with Crippen molar-refractivity contribution in [3.8, 4) is 0 Å². The summed E-state index contributed by atoms with van der Waals surface area (Å²) >= 11 is 0. The maximum atomic E-state index is 11.4. The van der Waals surface area contributed by atoms with E-state index in [1.807, 2.05) is 32.2 Å². The van der Waals surface area contributed by atoms with Gasteiger partial charge in [-0.15, -0.1) is 0 Å². The van der Waals surface area contributed by atoms with Crippen molar-refractivity contribution < 1.29 is 4.79 Å². The van der Waals surface area contributed by atoms with E-state index in [4.69, 9.17) is 0 Å². The Bertz CT molecular complexity index is 508. The lowest BCUT2D eigenvalue weighted by atomic mass is 10.0. The molecule has 2 rings (SSSR count). The molecule has 1 heterocycles. The zero-order chi connectivity index (χ0) is 10.3. The van der Waals surface area contributed by atoms with Gasteiger partial charge in [-0.05, 0) is 25.5 Å². The zero-order valence-corrected chi connectivity index (χ0v) is 8.66. The van der Waals surface area contributed by atoms with Crippen LogP contribution in [0, 0.1) is 6.92 Å². The Morgan fingerprint density at radius 1 is 1.36 bits per heavy atom. The Labute approximate surface area is 83.2 Å². The normalized spacial score (nSPS) is 10.8. The smallest absolute Gasteiger partial charge is 0.160 e. The lowest BCUT2D eigenvalue weighted by molar-refractivity contribution is 0.101. The van der Waals surface area contributed by atoms with Gasteiger partial charge in [-0.25, -0.2) is 0 Å². The molecule has 0 amide bonds. The van der Waals surface area contributed by atoms with Gasteiger partial charge in [-0.3, -0.25) is 4.79 Å². The third-order valence-corrected chi connectivity index (χ3v) is 2.58. The van der Waals surface area contributed by atoms with Crippen LogP contribution in [0.4, 0.5) is 0 Å². The summed E-state index contributed by atoms with van der Waals surface area (Å²) in [5.74, 6) is 0.130. The van der Waals surface area contributed by atoms with Crippen LogP contribution in [0.25, 0.3) is 10.9 Å². The Kier molecular flexibility index (Phi) is 1.92. The van der Waals surface area contributed by atoms with Crippen LogP contribution in [-0.2, 0) is 7.05 Å². The summed E-state index contributed by atoms with van der Waals surface area (Å²) in [5, 5.41) is 1.09. The highest BCUT2D eigenvalue weighted by molar-refractivity contribution is 6.07. The molecule has 0 aliphatic rings. The number of aromatic nitrogens is 1. The number of carbonyl (C=O) groups excluding carboxylic acids is 1. The van der Waals surface area contributed by atoms with Crippen LogP contribution in [0.1, 0.15) is 22.8 Å². The Morgan fingerprint density at radius 3 is 2.71 bits per heavy atom. The van der Waals surface area contributed by atoms with E-state index in [1.165, 1.54) is 0 Å². The maximum Gasteiger partial charge on any atom is 0.160 e. The SMILES string of the molecule is CC(=O)c1cccc2c1c(C)cn2C. The molecule has 0 spiro atoms. The molecule has 0 aliphatic carbocycles. The highest BCUT2D eigenvalue weighted by Gasteiger charge is 2.10. The number of Topliss-reactive ketones (excluding diaryl/α,β-unsaturated/α-hetero) is 1. The molecular formula is C12H13NO. The minimum atomic E-state index is 0.130. The van der Waals surface area contributed by atoms with Crippen molar-refractivity contribution in [1.29, 1.82) is 0 Å².